The van der Waals surface area contributed by atoms with E-state index in [1.54, 1.807) is 7.11 Å². The van der Waals surface area contributed by atoms with Crippen LogP contribution in [0.1, 0.15) is 32.0 Å². The van der Waals surface area contributed by atoms with E-state index in [0.29, 0.717) is 18.2 Å². The number of piperidine rings is 1. The molecule has 1 aromatic rings. The molecule has 0 aromatic carbocycles. The fourth-order valence-electron chi connectivity index (χ4n) is 2.52. The summed E-state index contributed by atoms with van der Waals surface area (Å²) in [5, 5.41) is 0. The molecule has 0 spiro atoms. The standard InChI is InChI=1S/C13H23N5O/c1-3-10-5-4-6-18(8-10)13-7-11(17-14)15-12(16-13)9-19-2/h7,10H,3-6,8-9,14H2,1-2H3,(H,15,16,17). The molecule has 0 bridgehead atoms. The lowest BCUT2D eigenvalue weighted by Crippen LogP contribution is -2.36. The summed E-state index contributed by atoms with van der Waals surface area (Å²) in [4.78, 5) is 11.2. The number of nitrogens with two attached hydrogens (primary N) is 1. The van der Waals surface area contributed by atoms with Crippen molar-refractivity contribution in [3.05, 3.63) is 11.9 Å². The summed E-state index contributed by atoms with van der Waals surface area (Å²) in [6, 6.07) is 1.90. The van der Waals surface area contributed by atoms with Gasteiger partial charge >= 0.3 is 0 Å². The molecule has 6 heteroatoms. The van der Waals surface area contributed by atoms with Gasteiger partial charge in [0.15, 0.2) is 5.82 Å². The predicted molar refractivity (Wildman–Crippen MR) is 75.8 cm³/mol. The number of methoxy groups -OCH3 is 1. The number of hydrogen-bond acceptors (Lipinski definition) is 6. The molecule has 106 valence electrons. The Balaban J connectivity index is 2.19. The first kappa shape index (κ1) is 14.0. The second-order valence-corrected chi connectivity index (χ2v) is 4.97. The topological polar surface area (TPSA) is 76.3 Å². The Kier molecular flexibility index (Phi) is 4.93. The Bertz CT molecular complexity index is 412. The van der Waals surface area contributed by atoms with Crippen LogP contribution in [0.3, 0.4) is 0 Å². The van der Waals surface area contributed by atoms with Gasteiger partial charge < -0.3 is 15.1 Å². The van der Waals surface area contributed by atoms with Crippen molar-refractivity contribution in [2.75, 3.05) is 30.5 Å². The summed E-state index contributed by atoms with van der Waals surface area (Å²) in [6.45, 7) is 4.75. The van der Waals surface area contributed by atoms with Crippen molar-refractivity contribution in [3.63, 3.8) is 0 Å². The summed E-state index contributed by atoms with van der Waals surface area (Å²) in [5.74, 6) is 8.45. The lowest BCUT2D eigenvalue weighted by Gasteiger charge is -2.33. The zero-order chi connectivity index (χ0) is 13.7. The molecule has 6 nitrogen and oxygen atoms in total. The Morgan fingerprint density at radius 1 is 1.53 bits per heavy atom. The zero-order valence-electron chi connectivity index (χ0n) is 11.7. The number of hydrogen-bond donors (Lipinski definition) is 2. The van der Waals surface area contributed by atoms with Crippen LogP contribution in [0.25, 0.3) is 0 Å². The molecule has 19 heavy (non-hydrogen) atoms. The zero-order valence-corrected chi connectivity index (χ0v) is 11.7. The molecule has 1 saturated heterocycles. The van der Waals surface area contributed by atoms with Crippen LogP contribution < -0.4 is 16.2 Å². The predicted octanol–water partition coefficient (Wildman–Crippen LogP) is 1.53. The SMILES string of the molecule is CCC1CCCN(c2cc(NN)nc(COC)n2)C1. The van der Waals surface area contributed by atoms with E-state index in [9.17, 15) is 0 Å². The largest absolute Gasteiger partial charge is 0.377 e. The molecule has 1 aliphatic heterocycles. The van der Waals surface area contributed by atoms with Gasteiger partial charge in [-0.2, -0.15) is 0 Å². The molecule has 1 aliphatic rings. The monoisotopic (exact) mass is 265 g/mol. The molecular formula is C13H23N5O. The van der Waals surface area contributed by atoms with E-state index in [4.69, 9.17) is 10.6 Å². The molecule has 1 atom stereocenters. The van der Waals surface area contributed by atoms with E-state index in [0.717, 1.165) is 24.8 Å². The van der Waals surface area contributed by atoms with Crippen molar-refractivity contribution in [2.45, 2.75) is 32.8 Å². The molecule has 0 amide bonds. The van der Waals surface area contributed by atoms with Gasteiger partial charge in [0, 0.05) is 26.3 Å². The minimum atomic E-state index is 0.396. The fourth-order valence-corrected chi connectivity index (χ4v) is 2.52. The molecular weight excluding hydrogens is 242 g/mol. The summed E-state index contributed by atoms with van der Waals surface area (Å²) < 4.78 is 5.10. The summed E-state index contributed by atoms with van der Waals surface area (Å²) in [5.41, 5.74) is 2.60. The van der Waals surface area contributed by atoms with Gasteiger partial charge in [0.25, 0.3) is 0 Å². The molecule has 3 N–H and O–H groups in total. The number of nitrogens with zero attached hydrogens (tertiary/aromatic N) is 3. The molecule has 0 aliphatic carbocycles. The number of aromatic nitrogens is 2. The van der Waals surface area contributed by atoms with E-state index >= 15 is 0 Å². The first-order valence-electron chi connectivity index (χ1n) is 6.85. The molecule has 0 radical (unpaired) electrons. The van der Waals surface area contributed by atoms with Gasteiger partial charge in [0.05, 0.1) is 0 Å². The average molecular weight is 265 g/mol. The summed E-state index contributed by atoms with van der Waals surface area (Å²) in [6.07, 6.45) is 3.74. The number of ether oxygens (including phenoxy) is 1. The Labute approximate surface area is 114 Å². The molecule has 2 heterocycles. The van der Waals surface area contributed by atoms with Crippen molar-refractivity contribution in [2.24, 2.45) is 11.8 Å². The van der Waals surface area contributed by atoms with Crippen molar-refractivity contribution in [3.8, 4) is 0 Å². The molecule has 0 saturated carbocycles. The second-order valence-electron chi connectivity index (χ2n) is 4.97. The minimum Gasteiger partial charge on any atom is -0.377 e. The van der Waals surface area contributed by atoms with E-state index in [1.165, 1.54) is 19.3 Å². The number of anilines is 2. The number of rotatable bonds is 5. The maximum absolute atomic E-state index is 5.47. The van der Waals surface area contributed by atoms with Crippen molar-refractivity contribution >= 4 is 11.6 Å². The van der Waals surface area contributed by atoms with Gasteiger partial charge in [-0.15, -0.1) is 0 Å². The molecule has 2 rings (SSSR count). The van der Waals surface area contributed by atoms with E-state index < -0.39 is 0 Å². The molecule has 1 aromatic heterocycles. The van der Waals surface area contributed by atoms with Gasteiger partial charge in [-0.05, 0) is 18.8 Å². The third-order valence-electron chi connectivity index (χ3n) is 3.60. The normalized spacial score (nSPS) is 19.5. The number of nitrogens with one attached hydrogen (secondary N) is 1. The third-order valence-corrected chi connectivity index (χ3v) is 3.60. The van der Waals surface area contributed by atoms with E-state index in [2.05, 4.69) is 27.2 Å². The summed E-state index contributed by atoms with van der Waals surface area (Å²) in [7, 11) is 1.64. The maximum Gasteiger partial charge on any atom is 0.158 e. The third kappa shape index (κ3) is 3.54. The van der Waals surface area contributed by atoms with Gasteiger partial charge in [-0.25, -0.2) is 15.8 Å². The highest BCUT2D eigenvalue weighted by atomic mass is 16.5. The first-order chi connectivity index (χ1) is 9.26. The average Bonchev–Trinajstić information content (AvgIpc) is 2.47. The molecule has 1 unspecified atom stereocenters. The van der Waals surface area contributed by atoms with Crippen molar-refractivity contribution < 1.29 is 4.74 Å². The van der Waals surface area contributed by atoms with Gasteiger partial charge in [0.1, 0.15) is 18.2 Å². The smallest absolute Gasteiger partial charge is 0.158 e. The van der Waals surface area contributed by atoms with Crippen LogP contribution in [-0.4, -0.2) is 30.2 Å². The highest BCUT2D eigenvalue weighted by Gasteiger charge is 2.20. The number of nitrogen functional groups attached to an aromatic ring is 1. The minimum absolute atomic E-state index is 0.396. The van der Waals surface area contributed by atoms with E-state index in [1.807, 2.05) is 6.07 Å². The van der Waals surface area contributed by atoms with Gasteiger partial charge in [-0.1, -0.05) is 13.3 Å². The highest BCUT2D eigenvalue weighted by molar-refractivity contribution is 5.49. The van der Waals surface area contributed by atoms with Crippen molar-refractivity contribution in [1.82, 2.24) is 9.97 Å². The van der Waals surface area contributed by atoms with Crippen LogP contribution in [0.4, 0.5) is 11.6 Å². The van der Waals surface area contributed by atoms with Crippen LogP contribution in [0.5, 0.6) is 0 Å². The first-order valence-corrected chi connectivity index (χ1v) is 6.85. The lowest BCUT2D eigenvalue weighted by atomic mass is 9.96. The van der Waals surface area contributed by atoms with Crippen molar-refractivity contribution in [1.29, 1.82) is 0 Å². The van der Waals surface area contributed by atoms with Gasteiger partial charge in [-0.3, -0.25) is 0 Å². The van der Waals surface area contributed by atoms with Crippen LogP contribution in [0, 0.1) is 5.92 Å². The van der Waals surface area contributed by atoms with E-state index in [-0.39, 0.29) is 0 Å². The quantitative estimate of drug-likeness (QED) is 0.621. The van der Waals surface area contributed by atoms with Crippen LogP contribution in [0.2, 0.25) is 0 Å². The van der Waals surface area contributed by atoms with Crippen LogP contribution >= 0.6 is 0 Å². The van der Waals surface area contributed by atoms with Gasteiger partial charge in [0.2, 0.25) is 0 Å². The Morgan fingerprint density at radius 3 is 3.05 bits per heavy atom. The Morgan fingerprint density at radius 2 is 2.37 bits per heavy atom. The maximum atomic E-state index is 5.47. The van der Waals surface area contributed by atoms with Crippen LogP contribution in [0.15, 0.2) is 6.07 Å². The number of hydrazine groups is 1. The second kappa shape index (κ2) is 6.68. The Hall–Kier alpha value is -1.40. The fraction of sp³-hybridized carbons (Fsp3) is 0.692. The highest BCUT2D eigenvalue weighted by Crippen LogP contribution is 2.24. The lowest BCUT2D eigenvalue weighted by molar-refractivity contribution is 0.178. The molecule has 1 fully saturated rings. The summed E-state index contributed by atoms with van der Waals surface area (Å²) >= 11 is 0. The van der Waals surface area contributed by atoms with Crippen LogP contribution in [-0.2, 0) is 11.3 Å².